The third kappa shape index (κ3) is 2.65. The zero-order valence-corrected chi connectivity index (χ0v) is 12.9. The van der Waals surface area contributed by atoms with E-state index < -0.39 is 0 Å². The summed E-state index contributed by atoms with van der Waals surface area (Å²) >= 11 is 5.09. The van der Waals surface area contributed by atoms with Gasteiger partial charge in [0.15, 0.2) is 4.77 Å². The highest BCUT2D eigenvalue weighted by Crippen LogP contribution is 2.19. The van der Waals surface area contributed by atoms with Crippen LogP contribution >= 0.6 is 12.2 Å². The molecule has 0 atom stereocenters. The van der Waals surface area contributed by atoms with Gasteiger partial charge >= 0.3 is 0 Å². The van der Waals surface area contributed by atoms with E-state index in [4.69, 9.17) is 17.2 Å². The van der Waals surface area contributed by atoms with Crippen LogP contribution in [0.25, 0.3) is 10.9 Å². The van der Waals surface area contributed by atoms with Crippen molar-refractivity contribution < 1.29 is 0 Å². The first-order chi connectivity index (χ1) is 10.8. The van der Waals surface area contributed by atoms with E-state index in [-0.39, 0.29) is 0 Å². The van der Waals surface area contributed by atoms with Crippen molar-refractivity contribution in [1.82, 2.24) is 19.9 Å². The number of hydrogen-bond acceptors (Lipinski definition) is 4. The second-order valence-corrected chi connectivity index (χ2v) is 6.03. The lowest BCUT2D eigenvalue weighted by Crippen LogP contribution is -2.31. The highest BCUT2D eigenvalue weighted by Gasteiger charge is 2.17. The van der Waals surface area contributed by atoms with Crippen molar-refractivity contribution >= 4 is 23.1 Å². The predicted octanol–water partition coefficient (Wildman–Crippen LogP) is 3.25. The number of fused-ring (bicyclic) bond motifs is 2. The van der Waals surface area contributed by atoms with E-state index in [1.807, 2.05) is 18.3 Å². The van der Waals surface area contributed by atoms with Crippen molar-refractivity contribution in [2.24, 2.45) is 0 Å². The van der Waals surface area contributed by atoms with E-state index in [9.17, 15) is 0 Å². The van der Waals surface area contributed by atoms with Gasteiger partial charge in [0.2, 0.25) is 0 Å². The summed E-state index contributed by atoms with van der Waals surface area (Å²) in [6, 6.07) is 12.5. The van der Waals surface area contributed by atoms with Crippen molar-refractivity contribution in [3.63, 3.8) is 0 Å². The first-order valence-corrected chi connectivity index (χ1v) is 7.83. The SMILES string of the molecule is S=c1ncc2c([nH]1)CCN(Cc1ccc3ccccc3n1)C2. The maximum Gasteiger partial charge on any atom is 0.196 e. The van der Waals surface area contributed by atoms with Gasteiger partial charge in [-0.25, -0.2) is 4.98 Å². The van der Waals surface area contributed by atoms with Gasteiger partial charge in [0, 0.05) is 48.9 Å². The number of nitrogens with one attached hydrogen (secondary N) is 1. The molecule has 0 spiro atoms. The maximum atomic E-state index is 5.09. The molecular formula is C17H16N4S. The summed E-state index contributed by atoms with van der Waals surface area (Å²) in [6.07, 6.45) is 2.88. The number of aromatic nitrogens is 3. The van der Waals surface area contributed by atoms with Crippen molar-refractivity contribution in [3.05, 3.63) is 64.3 Å². The van der Waals surface area contributed by atoms with E-state index >= 15 is 0 Å². The summed E-state index contributed by atoms with van der Waals surface area (Å²) in [5.41, 5.74) is 4.63. The summed E-state index contributed by atoms with van der Waals surface area (Å²) in [4.78, 5) is 14.5. The lowest BCUT2D eigenvalue weighted by atomic mass is 10.1. The standard InChI is InChI=1S/C17H16N4S/c22-17-18-9-13-10-21(8-7-16(13)20-17)11-14-6-5-12-3-1-2-4-15(12)19-14/h1-6,9H,7-8,10-11H2,(H,18,20,22). The molecule has 0 aliphatic carbocycles. The number of nitrogens with zero attached hydrogens (tertiary/aromatic N) is 3. The van der Waals surface area contributed by atoms with E-state index in [2.05, 4.69) is 39.1 Å². The monoisotopic (exact) mass is 308 g/mol. The van der Waals surface area contributed by atoms with Gasteiger partial charge in [0.25, 0.3) is 0 Å². The normalized spacial score (nSPS) is 14.9. The predicted molar refractivity (Wildman–Crippen MR) is 89.0 cm³/mol. The van der Waals surface area contributed by atoms with Crippen molar-refractivity contribution in [2.75, 3.05) is 6.54 Å². The topological polar surface area (TPSA) is 44.8 Å². The fourth-order valence-corrected chi connectivity index (χ4v) is 3.14. The molecule has 4 rings (SSSR count). The van der Waals surface area contributed by atoms with Gasteiger partial charge in [-0.2, -0.15) is 0 Å². The molecule has 0 saturated carbocycles. The summed E-state index contributed by atoms with van der Waals surface area (Å²) in [6.45, 7) is 2.76. The minimum atomic E-state index is 0.573. The molecule has 1 aliphatic heterocycles. The Morgan fingerprint density at radius 2 is 2.09 bits per heavy atom. The lowest BCUT2D eigenvalue weighted by molar-refractivity contribution is 0.240. The molecule has 1 N–H and O–H groups in total. The lowest BCUT2D eigenvalue weighted by Gasteiger charge is -2.27. The highest BCUT2D eigenvalue weighted by atomic mass is 32.1. The Hall–Kier alpha value is -2.11. The van der Waals surface area contributed by atoms with Crippen LogP contribution in [0, 0.1) is 4.77 Å². The van der Waals surface area contributed by atoms with E-state index in [0.717, 1.165) is 37.3 Å². The van der Waals surface area contributed by atoms with Crippen LogP contribution in [0.1, 0.15) is 17.0 Å². The molecule has 1 aromatic carbocycles. The number of aromatic amines is 1. The van der Waals surface area contributed by atoms with Crippen LogP contribution in [0.2, 0.25) is 0 Å². The minimum absolute atomic E-state index is 0.573. The largest absolute Gasteiger partial charge is 0.334 e. The third-order valence-electron chi connectivity index (χ3n) is 4.10. The molecule has 0 radical (unpaired) electrons. The first kappa shape index (κ1) is 13.5. The number of pyridine rings is 1. The smallest absolute Gasteiger partial charge is 0.196 e. The molecule has 4 nitrogen and oxygen atoms in total. The molecule has 0 amide bonds. The molecule has 5 heteroatoms. The minimum Gasteiger partial charge on any atom is -0.334 e. The zero-order valence-electron chi connectivity index (χ0n) is 12.1. The van der Waals surface area contributed by atoms with E-state index in [0.29, 0.717) is 4.77 Å². The summed E-state index contributed by atoms with van der Waals surface area (Å²) in [7, 11) is 0. The summed E-state index contributed by atoms with van der Waals surface area (Å²) in [5.74, 6) is 0. The van der Waals surface area contributed by atoms with Crippen molar-refractivity contribution in [2.45, 2.75) is 19.5 Å². The zero-order chi connectivity index (χ0) is 14.9. The molecule has 0 bridgehead atoms. The number of para-hydroxylation sites is 1. The fourth-order valence-electron chi connectivity index (χ4n) is 2.97. The Balaban J connectivity index is 1.56. The Morgan fingerprint density at radius 3 is 3.05 bits per heavy atom. The Morgan fingerprint density at radius 1 is 1.18 bits per heavy atom. The highest BCUT2D eigenvalue weighted by molar-refractivity contribution is 7.71. The molecule has 22 heavy (non-hydrogen) atoms. The van der Waals surface area contributed by atoms with Crippen LogP contribution in [0.15, 0.2) is 42.6 Å². The van der Waals surface area contributed by atoms with E-state index in [1.165, 1.54) is 16.6 Å². The van der Waals surface area contributed by atoms with Crippen LogP contribution in [-0.4, -0.2) is 26.4 Å². The quantitative estimate of drug-likeness (QED) is 0.738. The second kappa shape index (κ2) is 5.59. The average Bonchev–Trinajstić information content (AvgIpc) is 2.55. The van der Waals surface area contributed by atoms with Crippen molar-refractivity contribution in [3.8, 4) is 0 Å². The van der Waals surface area contributed by atoms with Gasteiger partial charge < -0.3 is 4.98 Å². The van der Waals surface area contributed by atoms with Crippen molar-refractivity contribution in [1.29, 1.82) is 0 Å². The molecular weight excluding hydrogens is 292 g/mol. The second-order valence-electron chi connectivity index (χ2n) is 5.65. The third-order valence-corrected chi connectivity index (χ3v) is 4.30. The Kier molecular flexibility index (Phi) is 3.44. The molecule has 3 heterocycles. The van der Waals surface area contributed by atoms with Crippen LogP contribution in [-0.2, 0) is 19.5 Å². The molecule has 0 fully saturated rings. The van der Waals surface area contributed by atoms with Gasteiger partial charge in [-0.15, -0.1) is 0 Å². The fraction of sp³-hybridized carbons (Fsp3) is 0.235. The molecule has 3 aromatic rings. The number of rotatable bonds is 2. The molecule has 1 aliphatic rings. The Labute approximate surface area is 133 Å². The molecule has 110 valence electrons. The van der Waals surface area contributed by atoms with Gasteiger partial charge in [-0.05, 0) is 24.4 Å². The van der Waals surface area contributed by atoms with Gasteiger partial charge in [0.05, 0.1) is 11.2 Å². The van der Waals surface area contributed by atoms with E-state index in [1.54, 1.807) is 0 Å². The summed E-state index contributed by atoms with van der Waals surface area (Å²) in [5, 5.41) is 1.19. The van der Waals surface area contributed by atoms with Gasteiger partial charge in [-0.3, -0.25) is 9.88 Å². The van der Waals surface area contributed by atoms with Crippen LogP contribution < -0.4 is 0 Å². The van der Waals surface area contributed by atoms with Gasteiger partial charge in [-0.1, -0.05) is 24.3 Å². The van der Waals surface area contributed by atoms with Crippen LogP contribution in [0.5, 0.6) is 0 Å². The molecule has 0 saturated heterocycles. The number of H-pyrrole nitrogens is 1. The van der Waals surface area contributed by atoms with Crippen LogP contribution in [0.3, 0.4) is 0 Å². The van der Waals surface area contributed by atoms with Crippen LogP contribution in [0.4, 0.5) is 0 Å². The molecule has 0 unspecified atom stereocenters. The average molecular weight is 308 g/mol. The van der Waals surface area contributed by atoms with Gasteiger partial charge in [0.1, 0.15) is 0 Å². The Bertz CT molecular complexity index is 887. The molecule has 2 aromatic heterocycles. The number of hydrogen-bond donors (Lipinski definition) is 1. The maximum absolute atomic E-state index is 5.09. The first-order valence-electron chi connectivity index (χ1n) is 7.42. The summed E-state index contributed by atoms with van der Waals surface area (Å²) < 4.78 is 0.573. The number of benzene rings is 1.